The van der Waals surface area contributed by atoms with Crippen LogP contribution in [0.1, 0.15) is 12.0 Å². The number of amides is 1. The number of benzene rings is 1. The summed E-state index contributed by atoms with van der Waals surface area (Å²) in [6.07, 6.45) is -1.25. The number of carbonyl (C=O) groups excluding carboxylic acids is 1. The number of nitrogens with zero attached hydrogens (tertiary/aromatic N) is 2. The van der Waals surface area contributed by atoms with Gasteiger partial charge in [-0.1, -0.05) is 6.07 Å². The Hall–Kier alpha value is -2.77. The van der Waals surface area contributed by atoms with Crippen LogP contribution in [0.4, 0.5) is 10.5 Å². The van der Waals surface area contributed by atoms with Gasteiger partial charge in [0.1, 0.15) is 5.75 Å². The molecule has 1 aromatic heterocycles. The maximum atomic E-state index is 11.9. The van der Waals surface area contributed by atoms with Gasteiger partial charge >= 0.3 is 11.8 Å². The van der Waals surface area contributed by atoms with E-state index in [1.165, 1.54) is 4.90 Å². The summed E-state index contributed by atoms with van der Waals surface area (Å²) in [5.74, 6) is -0.00493. The summed E-state index contributed by atoms with van der Waals surface area (Å²) in [7, 11) is 1.54. The van der Waals surface area contributed by atoms with Crippen molar-refractivity contribution in [1.29, 1.82) is 0 Å². The molecule has 1 unspecified atom stereocenters. The molecule has 1 fully saturated rings. The number of rotatable bonds is 3. The summed E-state index contributed by atoms with van der Waals surface area (Å²) in [6.45, 7) is 0.208. The number of aromatic amines is 1. The third-order valence-corrected chi connectivity index (χ3v) is 2.91. The number of hydrogen-bond acceptors (Lipinski definition) is 6. The number of ether oxygens (including phenoxy) is 2. The number of carbonyl (C=O) groups is 1. The Labute approximate surface area is 112 Å². The first-order valence-corrected chi connectivity index (χ1v) is 5.85. The largest absolute Gasteiger partial charge is 0.497 e. The van der Waals surface area contributed by atoms with E-state index in [-0.39, 0.29) is 12.4 Å². The average molecular weight is 277 g/mol. The lowest BCUT2D eigenvalue weighted by molar-refractivity contribution is 0.125. The molecule has 8 heteroatoms. The monoisotopic (exact) mass is 277 g/mol. The molecule has 2 aromatic rings. The molecule has 0 bridgehead atoms. The smallest absolute Gasteiger partial charge is 0.434 e. The first-order chi connectivity index (χ1) is 9.67. The van der Waals surface area contributed by atoms with Gasteiger partial charge in [0.25, 0.3) is 5.89 Å². The molecule has 1 amide bonds. The van der Waals surface area contributed by atoms with Gasteiger partial charge in [-0.05, 0) is 12.1 Å². The fraction of sp³-hybridized carbons (Fsp3) is 0.250. The van der Waals surface area contributed by atoms with Crippen molar-refractivity contribution in [2.45, 2.75) is 6.10 Å². The molecule has 0 aliphatic carbocycles. The molecular weight excluding hydrogens is 266 g/mol. The number of hydrogen-bond donors (Lipinski definition) is 1. The molecule has 3 rings (SSSR count). The summed E-state index contributed by atoms with van der Waals surface area (Å²) in [5, 5.41) is 5.79. The van der Waals surface area contributed by atoms with Crippen molar-refractivity contribution in [2.75, 3.05) is 18.6 Å². The summed E-state index contributed by atoms with van der Waals surface area (Å²) < 4.78 is 15.0. The standard InChI is InChI=1S/C12H11N3O5/c1-18-8-4-2-3-7(5-8)15-6-9(19-12(15)17)10-13-14-11(16)20-10/h2-5,9H,6H2,1H3,(H,14,16). The Morgan fingerprint density at radius 3 is 3.00 bits per heavy atom. The third-order valence-electron chi connectivity index (χ3n) is 2.91. The predicted octanol–water partition coefficient (Wildman–Crippen LogP) is 1.07. The Kier molecular flexibility index (Phi) is 2.90. The van der Waals surface area contributed by atoms with Crippen LogP contribution in [0.25, 0.3) is 0 Å². The molecule has 2 heterocycles. The van der Waals surface area contributed by atoms with Crippen LogP contribution in [-0.4, -0.2) is 29.9 Å². The molecule has 0 saturated carbocycles. The first-order valence-electron chi connectivity index (χ1n) is 5.85. The molecule has 1 aromatic carbocycles. The normalized spacial score (nSPS) is 18.1. The fourth-order valence-electron chi connectivity index (χ4n) is 1.96. The van der Waals surface area contributed by atoms with E-state index in [4.69, 9.17) is 13.9 Å². The Morgan fingerprint density at radius 1 is 1.45 bits per heavy atom. The van der Waals surface area contributed by atoms with Gasteiger partial charge in [-0.15, -0.1) is 5.10 Å². The highest BCUT2D eigenvalue weighted by Crippen LogP contribution is 2.30. The van der Waals surface area contributed by atoms with Crippen LogP contribution in [0.2, 0.25) is 0 Å². The Morgan fingerprint density at radius 2 is 2.30 bits per heavy atom. The number of aromatic nitrogens is 2. The van der Waals surface area contributed by atoms with E-state index >= 15 is 0 Å². The van der Waals surface area contributed by atoms with Crippen LogP contribution >= 0.6 is 0 Å². The minimum absolute atomic E-state index is 0.0498. The topological polar surface area (TPSA) is 97.7 Å². The predicted molar refractivity (Wildman–Crippen MR) is 66.7 cm³/mol. The molecule has 1 aliphatic rings. The second kappa shape index (κ2) is 4.72. The van der Waals surface area contributed by atoms with E-state index in [1.807, 2.05) is 0 Å². The molecule has 1 saturated heterocycles. The van der Waals surface area contributed by atoms with Gasteiger partial charge in [0.2, 0.25) is 0 Å². The van der Waals surface area contributed by atoms with Gasteiger partial charge in [-0.2, -0.15) is 0 Å². The van der Waals surface area contributed by atoms with Crippen molar-refractivity contribution in [3.8, 4) is 5.75 Å². The zero-order valence-corrected chi connectivity index (χ0v) is 10.5. The first kappa shape index (κ1) is 12.3. The lowest BCUT2D eigenvalue weighted by atomic mass is 10.2. The molecule has 1 aliphatic heterocycles. The molecule has 8 nitrogen and oxygen atoms in total. The van der Waals surface area contributed by atoms with Gasteiger partial charge in [-0.3, -0.25) is 4.90 Å². The minimum atomic E-state index is -0.715. The second-order valence-corrected chi connectivity index (χ2v) is 4.14. The van der Waals surface area contributed by atoms with Crippen molar-refractivity contribution < 1.29 is 18.7 Å². The van der Waals surface area contributed by atoms with E-state index in [2.05, 4.69) is 10.2 Å². The Balaban J connectivity index is 1.85. The van der Waals surface area contributed by atoms with Crippen molar-refractivity contribution in [3.63, 3.8) is 0 Å². The zero-order valence-electron chi connectivity index (χ0n) is 10.5. The lowest BCUT2D eigenvalue weighted by Crippen LogP contribution is -2.23. The summed E-state index contributed by atoms with van der Waals surface area (Å²) in [6, 6.07) is 7.01. The summed E-state index contributed by atoms with van der Waals surface area (Å²) >= 11 is 0. The van der Waals surface area contributed by atoms with Gasteiger partial charge < -0.3 is 13.9 Å². The van der Waals surface area contributed by atoms with Gasteiger partial charge in [0, 0.05) is 6.07 Å². The third kappa shape index (κ3) is 2.11. The zero-order chi connectivity index (χ0) is 14.1. The maximum absolute atomic E-state index is 11.9. The SMILES string of the molecule is COc1cccc(N2CC(c3n[nH]c(=O)o3)OC2=O)c1. The quantitative estimate of drug-likeness (QED) is 0.901. The highest BCUT2D eigenvalue weighted by atomic mass is 16.6. The number of nitrogens with one attached hydrogen (secondary N) is 1. The van der Waals surface area contributed by atoms with Crippen LogP contribution in [0.15, 0.2) is 33.5 Å². The van der Waals surface area contributed by atoms with E-state index in [0.29, 0.717) is 11.4 Å². The second-order valence-electron chi connectivity index (χ2n) is 4.14. The fourth-order valence-corrected chi connectivity index (χ4v) is 1.96. The summed E-state index contributed by atoms with van der Waals surface area (Å²) in [5.41, 5.74) is 0.634. The van der Waals surface area contributed by atoms with Crippen molar-refractivity contribution in [1.82, 2.24) is 10.2 Å². The lowest BCUT2D eigenvalue weighted by Gasteiger charge is -2.13. The van der Waals surface area contributed by atoms with Crippen LogP contribution in [0.3, 0.4) is 0 Å². The summed E-state index contributed by atoms with van der Waals surface area (Å²) in [4.78, 5) is 24.2. The van der Waals surface area contributed by atoms with Gasteiger partial charge in [0.15, 0.2) is 6.10 Å². The average Bonchev–Trinajstić information content (AvgIpc) is 3.05. The molecule has 1 atom stereocenters. The number of H-pyrrole nitrogens is 1. The van der Waals surface area contributed by atoms with Gasteiger partial charge in [-0.25, -0.2) is 14.7 Å². The highest BCUT2D eigenvalue weighted by molar-refractivity contribution is 5.89. The van der Waals surface area contributed by atoms with Crippen molar-refractivity contribution in [2.24, 2.45) is 0 Å². The molecular formula is C12H11N3O5. The number of anilines is 1. The van der Waals surface area contributed by atoms with Gasteiger partial charge in [0.05, 0.1) is 19.3 Å². The molecule has 20 heavy (non-hydrogen) atoms. The van der Waals surface area contributed by atoms with Crippen LogP contribution < -0.4 is 15.4 Å². The minimum Gasteiger partial charge on any atom is -0.497 e. The van der Waals surface area contributed by atoms with E-state index in [9.17, 15) is 9.59 Å². The molecule has 1 N–H and O–H groups in total. The highest BCUT2D eigenvalue weighted by Gasteiger charge is 2.36. The maximum Gasteiger partial charge on any atom is 0.434 e. The van der Waals surface area contributed by atoms with Crippen molar-refractivity contribution >= 4 is 11.8 Å². The molecule has 104 valence electrons. The van der Waals surface area contributed by atoms with Crippen LogP contribution in [0, 0.1) is 0 Å². The van der Waals surface area contributed by atoms with Crippen molar-refractivity contribution in [3.05, 3.63) is 40.7 Å². The van der Waals surface area contributed by atoms with E-state index in [0.717, 1.165) is 0 Å². The number of cyclic esters (lactones) is 1. The molecule has 0 spiro atoms. The number of methoxy groups -OCH3 is 1. The molecule has 0 radical (unpaired) electrons. The van der Waals surface area contributed by atoms with E-state index in [1.54, 1.807) is 31.4 Å². The Bertz CT molecular complexity index is 692. The van der Waals surface area contributed by atoms with E-state index < -0.39 is 18.0 Å². The van der Waals surface area contributed by atoms with Crippen LogP contribution in [0.5, 0.6) is 5.75 Å². The van der Waals surface area contributed by atoms with Crippen LogP contribution in [-0.2, 0) is 4.74 Å².